The molecule has 1 heterocycles. The van der Waals surface area contributed by atoms with Gasteiger partial charge in [0.1, 0.15) is 5.82 Å². The van der Waals surface area contributed by atoms with Crippen LogP contribution in [0.15, 0.2) is 54.6 Å². The molecule has 0 radical (unpaired) electrons. The summed E-state index contributed by atoms with van der Waals surface area (Å²) in [7, 11) is 0. The Morgan fingerprint density at radius 1 is 0.968 bits per heavy atom. The van der Waals surface area contributed by atoms with Crippen LogP contribution in [-0.4, -0.2) is 48.9 Å². The first-order chi connectivity index (χ1) is 15.0. The minimum absolute atomic E-state index is 0.00879. The molecule has 2 amide bonds. The first kappa shape index (κ1) is 22.8. The topological polar surface area (TPSA) is 52.7 Å². The molecule has 3 rings (SSSR count). The molecule has 0 aromatic heterocycles. The molecule has 1 aliphatic heterocycles. The maximum Gasteiger partial charge on any atom is 0.222 e. The molecule has 1 saturated heterocycles. The normalized spacial score (nSPS) is 14.9. The fraction of sp³-hybridized carbons (Fsp3) is 0.440. The Morgan fingerprint density at radius 3 is 2.32 bits per heavy atom. The lowest BCUT2D eigenvalue weighted by atomic mass is 10.1. The number of amides is 2. The van der Waals surface area contributed by atoms with Crippen LogP contribution >= 0.6 is 0 Å². The zero-order chi connectivity index (χ0) is 22.1. The smallest absolute Gasteiger partial charge is 0.222 e. The van der Waals surface area contributed by atoms with Gasteiger partial charge in [-0.15, -0.1) is 0 Å². The van der Waals surface area contributed by atoms with Crippen molar-refractivity contribution in [2.75, 3.05) is 31.1 Å². The van der Waals surface area contributed by atoms with Gasteiger partial charge in [-0.3, -0.25) is 9.59 Å². The molecule has 1 aliphatic rings. The summed E-state index contributed by atoms with van der Waals surface area (Å²) in [4.78, 5) is 28.7. The van der Waals surface area contributed by atoms with Crippen molar-refractivity contribution in [1.29, 1.82) is 0 Å². The number of carbonyl (C=O) groups is 2. The van der Waals surface area contributed by atoms with E-state index in [-0.39, 0.29) is 23.7 Å². The van der Waals surface area contributed by atoms with Crippen molar-refractivity contribution in [3.8, 4) is 0 Å². The van der Waals surface area contributed by atoms with Crippen molar-refractivity contribution < 1.29 is 14.0 Å². The molecule has 1 fully saturated rings. The van der Waals surface area contributed by atoms with Gasteiger partial charge in [-0.1, -0.05) is 30.3 Å². The van der Waals surface area contributed by atoms with Gasteiger partial charge in [0.05, 0.1) is 0 Å². The highest BCUT2D eigenvalue weighted by atomic mass is 19.1. The third-order valence-corrected chi connectivity index (χ3v) is 5.73. The molecule has 2 aromatic carbocycles. The second-order valence-corrected chi connectivity index (χ2v) is 8.19. The molecule has 2 aromatic rings. The van der Waals surface area contributed by atoms with Crippen LogP contribution in [0.1, 0.15) is 38.2 Å². The maximum atomic E-state index is 13.1. The average Bonchev–Trinajstić information content (AvgIpc) is 2.79. The van der Waals surface area contributed by atoms with E-state index in [0.717, 1.165) is 31.6 Å². The average molecular weight is 426 g/mol. The number of aryl methyl sites for hydroxylation is 1. The molecule has 31 heavy (non-hydrogen) atoms. The fourth-order valence-corrected chi connectivity index (χ4v) is 3.87. The van der Waals surface area contributed by atoms with E-state index < -0.39 is 0 Å². The third-order valence-electron chi connectivity index (χ3n) is 5.73. The second kappa shape index (κ2) is 11.5. The van der Waals surface area contributed by atoms with Crippen molar-refractivity contribution >= 4 is 17.5 Å². The predicted octanol–water partition coefficient (Wildman–Crippen LogP) is 3.78. The van der Waals surface area contributed by atoms with Crippen LogP contribution in [0, 0.1) is 5.82 Å². The van der Waals surface area contributed by atoms with Crippen LogP contribution in [0.3, 0.4) is 0 Å². The number of nitrogens with zero attached hydrogens (tertiary/aromatic N) is 2. The van der Waals surface area contributed by atoms with E-state index in [4.69, 9.17) is 0 Å². The maximum absolute atomic E-state index is 13.1. The summed E-state index contributed by atoms with van der Waals surface area (Å²) in [5.74, 6) is -0.134. The monoisotopic (exact) mass is 425 g/mol. The summed E-state index contributed by atoms with van der Waals surface area (Å²) in [5, 5.41) is 3.03. The fourth-order valence-electron chi connectivity index (χ4n) is 3.87. The number of halogens is 1. The molecule has 166 valence electrons. The number of anilines is 1. The Labute approximate surface area is 184 Å². The standard InChI is InChI=1S/C25H32FN3O2/c1-20(10-11-21-6-3-2-4-7-21)27-24(30)8-5-9-25(31)29-18-16-28(17-19-29)23-14-12-22(26)13-15-23/h2-4,6-7,12-15,20H,5,8-11,16-19H2,1H3,(H,27,30)/t20-/m1/s1. The molecule has 0 aliphatic carbocycles. The summed E-state index contributed by atoms with van der Waals surface area (Å²) in [6.45, 7) is 4.79. The highest BCUT2D eigenvalue weighted by Gasteiger charge is 2.21. The van der Waals surface area contributed by atoms with E-state index in [1.165, 1.54) is 17.7 Å². The number of benzene rings is 2. The number of piperazine rings is 1. The lowest BCUT2D eigenvalue weighted by Gasteiger charge is -2.36. The van der Waals surface area contributed by atoms with Gasteiger partial charge < -0.3 is 15.1 Å². The van der Waals surface area contributed by atoms with Crippen LogP contribution in [0.4, 0.5) is 10.1 Å². The van der Waals surface area contributed by atoms with Crippen LogP contribution in [0.25, 0.3) is 0 Å². The molecule has 1 N–H and O–H groups in total. The lowest BCUT2D eigenvalue weighted by Crippen LogP contribution is -2.48. The predicted molar refractivity (Wildman–Crippen MR) is 121 cm³/mol. The minimum atomic E-state index is -0.243. The number of hydrogen-bond acceptors (Lipinski definition) is 3. The highest BCUT2D eigenvalue weighted by Crippen LogP contribution is 2.17. The number of nitrogens with one attached hydrogen (secondary N) is 1. The Morgan fingerprint density at radius 2 is 1.65 bits per heavy atom. The van der Waals surface area contributed by atoms with Crippen molar-refractivity contribution in [1.82, 2.24) is 10.2 Å². The molecular formula is C25H32FN3O2. The summed E-state index contributed by atoms with van der Waals surface area (Å²) < 4.78 is 13.1. The SMILES string of the molecule is C[C@H](CCc1ccccc1)NC(=O)CCCC(=O)N1CCN(c2ccc(F)cc2)CC1. The Balaban J connectivity index is 1.30. The van der Waals surface area contributed by atoms with E-state index in [1.54, 1.807) is 12.1 Å². The Kier molecular flexibility index (Phi) is 8.44. The zero-order valence-electron chi connectivity index (χ0n) is 18.2. The molecule has 0 unspecified atom stereocenters. The summed E-state index contributed by atoms with van der Waals surface area (Å²) in [6.07, 6.45) is 3.16. The second-order valence-electron chi connectivity index (χ2n) is 8.19. The van der Waals surface area contributed by atoms with Gasteiger partial charge in [-0.2, -0.15) is 0 Å². The van der Waals surface area contributed by atoms with Crippen molar-refractivity contribution in [2.45, 2.75) is 45.1 Å². The third kappa shape index (κ3) is 7.39. The van der Waals surface area contributed by atoms with Crippen LogP contribution < -0.4 is 10.2 Å². The van der Waals surface area contributed by atoms with Gasteiger partial charge in [-0.05, 0) is 56.0 Å². The van der Waals surface area contributed by atoms with Gasteiger partial charge in [-0.25, -0.2) is 4.39 Å². The quantitative estimate of drug-likeness (QED) is 0.665. The van der Waals surface area contributed by atoms with Crippen LogP contribution in [0.2, 0.25) is 0 Å². The number of hydrogen-bond donors (Lipinski definition) is 1. The first-order valence-electron chi connectivity index (χ1n) is 11.1. The molecule has 0 bridgehead atoms. The summed E-state index contributed by atoms with van der Waals surface area (Å²) in [6, 6.07) is 16.8. The largest absolute Gasteiger partial charge is 0.368 e. The van der Waals surface area contributed by atoms with Crippen molar-refractivity contribution in [2.24, 2.45) is 0 Å². The Hall–Kier alpha value is -2.89. The van der Waals surface area contributed by atoms with E-state index in [1.807, 2.05) is 30.0 Å². The van der Waals surface area contributed by atoms with Gasteiger partial charge in [0, 0.05) is 50.7 Å². The summed E-state index contributed by atoms with van der Waals surface area (Å²) in [5.41, 5.74) is 2.25. The van der Waals surface area contributed by atoms with Crippen LogP contribution in [0.5, 0.6) is 0 Å². The molecule has 6 heteroatoms. The number of rotatable bonds is 9. The molecule has 5 nitrogen and oxygen atoms in total. The summed E-state index contributed by atoms with van der Waals surface area (Å²) >= 11 is 0. The van der Waals surface area contributed by atoms with E-state index in [0.29, 0.717) is 32.4 Å². The lowest BCUT2D eigenvalue weighted by molar-refractivity contribution is -0.131. The van der Waals surface area contributed by atoms with Crippen molar-refractivity contribution in [3.63, 3.8) is 0 Å². The van der Waals surface area contributed by atoms with Gasteiger partial charge >= 0.3 is 0 Å². The molecule has 1 atom stereocenters. The Bertz CT molecular complexity index is 834. The van der Waals surface area contributed by atoms with Crippen LogP contribution in [-0.2, 0) is 16.0 Å². The molecular weight excluding hydrogens is 393 g/mol. The van der Waals surface area contributed by atoms with Crippen molar-refractivity contribution in [3.05, 3.63) is 66.0 Å². The minimum Gasteiger partial charge on any atom is -0.368 e. The molecule has 0 spiro atoms. The van der Waals surface area contributed by atoms with E-state index >= 15 is 0 Å². The first-order valence-corrected chi connectivity index (χ1v) is 11.1. The van der Waals surface area contributed by atoms with Gasteiger partial charge in [0.25, 0.3) is 0 Å². The zero-order valence-corrected chi connectivity index (χ0v) is 18.2. The molecule has 0 saturated carbocycles. The van der Waals surface area contributed by atoms with E-state index in [9.17, 15) is 14.0 Å². The van der Waals surface area contributed by atoms with Gasteiger partial charge in [0.15, 0.2) is 0 Å². The highest BCUT2D eigenvalue weighted by molar-refractivity contribution is 5.79. The number of carbonyl (C=O) groups excluding carboxylic acids is 2. The van der Waals surface area contributed by atoms with E-state index in [2.05, 4.69) is 22.3 Å². The van der Waals surface area contributed by atoms with Gasteiger partial charge in [0.2, 0.25) is 11.8 Å².